The van der Waals surface area contributed by atoms with Gasteiger partial charge in [0.05, 0.1) is 78.2 Å². The Labute approximate surface area is 182 Å². The molecule has 0 atom stereocenters. The highest BCUT2D eigenvalue weighted by molar-refractivity contribution is 5.90. The van der Waals surface area contributed by atoms with Gasteiger partial charge in [-0.2, -0.15) is 0 Å². The Hall–Kier alpha value is -1.95. The molecule has 10 heteroatoms. The van der Waals surface area contributed by atoms with Gasteiger partial charge in [-0.3, -0.25) is 0 Å². The van der Waals surface area contributed by atoms with E-state index in [1.54, 1.807) is 25.1 Å². The first-order chi connectivity index (χ1) is 15.2. The molecular weight excluding hydrogens is 412 g/mol. The Balaban J connectivity index is 2.46. The molecule has 1 aromatic rings. The minimum Gasteiger partial charge on any atom is -0.487 e. The molecule has 0 aromatic heterocycles. The van der Waals surface area contributed by atoms with E-state index in [1.165, 1.54) is 0 Å². The minimum absolute atomic E-state index is 0.0176. The molecule has 0 radical (unpaired) electrons. The predicted octanol–water partition coefficient (Wildman–Crippen LogP) is 0.672. The van der Waals surface area contributed by atoms with Gasteiger partial charge in [0.2, 0.25) is 0 Å². The maximum Gasteiger partial charge on any atom is 0.338 e. The second kappa shape index (κ2) is 18.8. The summed E-state index contributed by atoms with van der Waals surface area (Å²) in [7, 11) is 0. The molecule has 1 aromatic carbocycles. The summed E-state index contributed by atoms with van der Waals surface area (Å²) < 4.78 is 37.5. The lowest BCUT2D eigenvalue weighted by Gasteiger charge is -2.14. The number of rotatable bonds is 20. The first-order valence-corrected chi connectivity index (χ1v) is 10.3. The Morgan fingerprint density at radius 2 is 1.19 bits per heavy atom. The van der Waals surface area contributed by atoms with Crippen LogP contribution in [0.15, 0.2) is 18.2 Å². The Morgan fingerprint density at radius 1 is 0.710 bits per heavy atom. The molecule has 0 fully saturated rings. The van der Waals surface area contributed by atoms with E-state index in [4.69, 9.17) is 43.4 Å². The van der Waals surface area contributed by atoms with Crippen LogP contribution in [-0.4, -0.2) is 102 Å². The van der Waals surface area contributed by atoms with Crippen molar-refractivity contribution in [1.82, 2.24) is 0 Å². The van der Waals surface area contributed by atoms with Crippen LogP contribution in [0.25, 0.3) is 0 Å². The highest BCUT2D eigenvalue weighted by Gasteiger charge is 2.13. The van der Waals surface area contributed by atoms with Crippen molar-refractivity contribution in [1.29, 1.82) is 0 Å². The quantitative estimate of drug-likeness (QED) is 0.218. The van der Waals surface area contributed by atoms with Crippen molar-refractivity contribution in [2.24, 2.45) is 0 Å². The first kappa shape index (κ1) is 27.1. The average Bonchev–Trinajstić information content (AvgIpc) is 2.78. The fourth-order valence-electron chi connectivity index (χ4n) is 2.28. The summed E-state index contributed by atoms with van der Waals surface area (Å²) in [6.07, 6.45) is 0. The summed E-state index contributed by atoms with van der Waals surface area (Å²) in [5.74, 6) is 0.429. The van der Waals surface area contributed by atoms with Gasteiger partial charge < -0.3 is 43.4 Å². The highest BCUT2D eigenvalue weighted by Crippen LogP contribution is 2.29. The number of carbonyl (C=O) groups is 1. The van der Waals surface area contributed by atoms with Crippen LogP contribution in [0.4, 0.5) is 0 Å². The topological polar surface area (TPSA) is 122 Å². The Kier molecular flexibility index (Phi) is 16.4. The summed E-state index contributed by atoms with van der Waals surface area (Å²) >= 11 is 0. The summed E-state index contributed by atoms with van der Waals surface area (Å²) in [6, 6.07) is 4.83. The van der Waals surface area contributed by atoms with Crippen LogP contribution in [-0.2, 0) is 23.7 Å². The van der Waals surface area contributed by atoms with E-state index in [1.807, 2.05) is 0 Å². The normalized spacial score (nSPS) is 10.8. The van der Waals surface area contributed by atoms with Gasteiger partial charge in [0.15, 0.2) is 11.5 Å². The fourth-order valence-corrected chi connectivity index (χ4v) is 2.28. The zero-order valence-corrected chi connectivity index (χ0v) is 18.1. The molecule has 0 aliphatic rings. The lowest BCUT2D eigenvalue weighted by atomic mass is 10.2. The van der Waals surface area contributed by atoms with Crippen LogP contribution in [0.3, 0.4) is 0 Å². The largest absolute Gasteiger partial charge is 0.487 e. The van der Waals surface area contributed by atoms with E-state index in [2.05, 4.69) is 0 Å². The zero-order valence-electron chi connectivity index (χ0n) is 18.1. The van der Waals surface area contributed by atoms with E-state index in [9.17, 15) is 4.79 Å². The molecule has 0 unspecified atom stereocenters. The van der Waals surface area contributed by atoms with Crippen LogP contribution in [0.2, 0.25) is 0 Å². The second-order valence-corrected chi connectivity index (χ2v) is 5.98. The highest BCUT2D eigenvalue weighted by atomic mass is 16.6. The van der Waals surface area contributed by atoms with Gasteiger partial charge in [-0.25, -0.2) is 4.79 Å². The summed E-state index contributed by atoms with van der Waals surface area (Å²) in [6.45, 7) is 5.31. The average molecular weight is 446 g/mol. The summed E-state index contributed by atoms with van der Waals surface area (Å²) in [5, 5.41) is 17.3. The van der Waals surface area contributed by atoms with E-state index in [0.717, 1.165) is 0 Å². The molecule has 0 aliphatic heterocycles. The van der Waals surface area contributed by atoms with Crippen molar-refractivity contribution in [3.63, 3.8) is 0 Å². The molecule has 0 bridgehead atoms. The lowest BCUT2D eigenvalue weighted by Crippen LogP contribution is -2.14. The first-order valence-electron chi connectivity index (χ1n) is 10.3. The van der Waals surface area contributed by atoms with Crippen molar-refractivity contribution in [3.05, 3.63) is 23.8 Å². The molecule has 0 saturated heterocycles. The molecule has 0 spiro atoms. The number of aliphatic hydroxyl groups is 2. The number of aliphatic hydroxyl groups excluding tert-OH is 2. The molecular formula is C21H34O10. The van der Waals surface area contributed by atoms with Gasteiger partial charge in [-0.1, -0.05) is 0 Å². The summed E-state index contributed by atoms with van der Waals surface area (Å²) in [4.78, 5) is 12.0. The SMILES string of the molecule is CCOC(=O)c1ccc(OCCOCCOCCO)c(OCCOCCOCCO)c1. The lowest BCUT2D eigenvalue weighted by molar-refractivity contribution is 0.0222. The van der Waals surface area contributed by atoms with Gasteiger partial charge in [0.25, 0.3) is 0 Å². The van der Waals surface area contributed by atoms with Gasteiger partial charge in [0.1, 0.15) is 13.2 Å². The van der Waals surface area contributed by atoms with Gasteiger partial charge in [0, 0.05) is 0 Å². The van der Waals surface area contributed by atoms with E-state index in [0.29, 0.717) is 56.7 Å². The van der Waals surface area contributed by atoms with E-state index < -0.39 is 5.97 Å². The number of hydrogen-bond acceptors (Lipinski definition) is 10. The van der Waals surface area contributed by atoms with Crippen LogP contribution < -0.4 is 9.47 Å². The standard InChI is InChI=1S/C21H34O10/c1-2-29-21(24)18-3-4-19(30-15-13-27-11-9-25-7-5-22)20(17-18)31-16-14-28-12-10-26-8-6-23/h3-4,17,22-23H,2,5-16H2,1H3. The van der Waals surface area contributed by atoms with E-state index in [-0.39, 0.29) is 46.2 Å². The summed E-state index contributed by atoms with van der Waals surface area (Å²) in [5.41, 5.74) is 0.361. The number of carbonyl (C=O) groups excluding carboxylic acids is 1. The van der Waals surface area contributed by atoms with Crippen molar-refractivity contribution in [2.45, 2.75) is 6.92 Å². The molecule has 2 N–H and O–H groups in total. The van der Waals surface area contributed by atoms with Crippen LogP contribution in [0, 0.1) is 0 Å². The molecule has 0 heterocycles. The molecule has 10 nitrogen and oxygen atoms in total. The van der Waals surface area contributed by atoms with Crippen molar-refractivity contribution in [3.8, 4) is 11.5 Å². The predicted molar refractivity (Wildman–Crippen MR) is 111 cm³/mol. The fraction of sp³-hybridized carbons (Fsp3) is 0.667. The number of esters is 1. The Morgan fingerprint density at radius 3 is 1.71 bits per heavy atom. The monoisotopic (exact) mass is 446 g/mol. The molecule has 178 valence electrons. The van der Waals surface area contributed by atoms with Crippen LogP contribution in [0.5, 0.6) is 11.5 Å². The Bertz CT molecular complexity index is 581. The number of benzene rings is 1. The molecule has 0 saturated carbocycles. The molecule has 0 aliphatic carbocycles. The van der Waals surface area contributed by atoms with Crippen LogP contribution >= 0.6 is 0 Å². The third-order valence-electron chi connectivity index (χ3n) is 3.64. The van der Waals surface area contributed by atoms with E-state index >= 15 is 0 Å². The minimum atomic E-state index is -0.442. The third-order valence-corrected chi connectivity index (χ3v) is 3.64. The number of ether oxygens (including phenoxy) is 7. The third kappa shape index (κ3) is 13.1. The second-order valence-electron chi connectivity index (χ2n) is 5.98. The van der Waals surface area contributed by atoms with Crippen LogP contribution in [0.1, 0.15) is 17.3 Å². The maximum atomic E-state index is 12.0. The molecule has 0 amide bonds. The number of hydrogen-bond donors (Lipinski definition) is 2. The molecule has 31 heavy (non-hydrogen) atoms. The smallest absolute Gasteiger partial charge is 0.338 e. The van der Waals surface area contributed by atoms with Crippen molar-refractivity contribution < 1.29 is 48.2 Å². The maximum absolute atomic E-state index is 12.0. The van der Waals surface area contributed by atoms with Crippen molar-refractivity contribution >= 4 is 5.97 Å². The van der Waals surface area contributed by atoms with Gasteiger partial charge >= 0.3 is 5.97 Å². The van der Waals surface area contributed by atoms with Crippen molar-refractivity contribution in [2.75, 3.05) is 85.9 Å². The van der Waals surface area contributed by atoms with Gasteiger partial charge in [-0.05, 0) is 25.1 Å². The van der Waals surface area contributed by atoms with Gasteiger partial charge in [-0.15, -0.1) is 0 Å². The zero-order chi connectivity index (χ0) is 22.6. The molecule has 1 rings (SSSR count).